The van der Waals surface area contributed by atoms with E-state index < -0.39 is 16.4 Å². The van der Waals surface area contributed by atoms with Gasteiger partial charge in [-0.3, -0.25) is 0 Å². The molecule has 0 saturated heterocycles. The fourth-order valence-corrected chi connectivity index (χ4v) is 13.5. The van der Waals surface area contributed by atoms with E-state index in [0.717, 1.165) is 0 Å². The van der Waals surface area contributed by atoms with Gasteiger partial charge in [0.2, 0.25) is 8.32 Å². The third kappa shape index (κ3) is 3.30. The minimum absolute atomic E-state index is 0.304. The summed E-state index contributed by atoms with van der Waals surface area (Å²) in [5.74, 6) is 0. The van der Waals surface area contributed by atoms with Crippen LogP contribution < -0.4 is 15.6 Å². The molecular formula is C21H30OSi2. The molecule has 2 aromatic rings. The van der Waals surface area contributed by atoms with Crippen molar-refractivity contribution < 1.29 is 4.43 Å². The van der Waals surface area contributed by atoms with Gasteiger partial charge in [0.05, 0.1) is 0 Å². The quantitative estimate of drug-likeness (QED) is 0.760. The highest BCUT2D eigenvalue weighted by molar-refractivity contribution is 7.05. The minimum atomic E-state index is -1.89. The van der Waals surface area contributed by atoms with E-state index in [1.807, 2.05) is 0 Å². The molecule has 0 bridgehead atoms. The van der Waals surface area contributed by atoms with Crippen molar-refractivity contribution in [1.82, 2.24) is 0 Å². The first-order valence-electron chi connectivity index (χ1n) is 9.29. The maximum Gasteiger partial charge on any atom is 0.221 e. The lowest BCUT2D eigenvalue weighted by atomic mass is 10.3. The van der Waals surface area contributed by atoms with Crippen molar-refractivity contribution in [2.45, 2.75) is 58.0 Å². The van der Waals surface area contributed by atoms with E-state index in [0.29, 0.717) is 6.10 Å². The van der Waals surface area contributed by atoms with Crippen LogP contribution in [0.2, 0.25) is 25.2 Å². The summed E-state index contributed by atoms with van der Waals surface area (Å²) < 4.78 is 6.63. The van der Waals surface area contributed by atoms with Gasteiger partial charge in [-0.1, -0.05) is 84.4 Å². The summed E-state index contributed by atoms with van der Waals surface area (Å²) in [6, 6.07) is 23.1. The van der Waals surface area contributed by atoms with E-state index in [1.165, 1.54) is 24.9 Å². The van der Waals surface area contributed by atoms with Gasteiger partial charge in [-0.15, -0.1) is 0 Å². The number of benzene rings is 2. The molecule has 1 heterocycles. The van der Waals surface area contributed by atoms with E-state index in [-0.39, 0.29) is 0 Å². The van der Waals surface area contributed by atoms with Crippen LogP contribution in [-0.2, 0) is 4.43 Å². The molecule has 3 heteroatoms. The summed E-state index contributed by atoms with van der Waals surface area (Å²) in [6.45, 7) is 9.38. The van der Waals surface area contributed by atoms with Gasteiger partial charge in [0.1, 0.15) is 8.07 Å². The van der Waals surface area contributed by atoms with E-state index in [1.54, 1.807) is 15.6 Å². The van der Waals surface area contributed by atoms with Crippen LogP contribution in [-0.4, -0.2) is 22.5 Å². The lowest BCUT2D eigenvalue weighted by Gasteiger charge is -2.39. The summed E-state index contributed by atoms with van der Waals surface area (Å²) in [5.41, 5.74) is 0. The van der Waals surface area contributed by atoms with Crippen LogP contribution in [0.15, 0.2) is 54.6 Å². The lowest BCUT2D eigenvalue weighted by molar-refractivity contribution is 0.234. The highest BCUT2D eigenvalue weighted by Gasteiger charge is 2.42. The van der Waals surface area contributed by atoms with Gasteiger partial charge in [-0.2, -0.15) is 0 Å². The average Bonchev–Trinajstić information content (AvgIpc) is 2.58. The van der Waals surface area contributed by atoms with Crippen molar-refractivity contribution in [3.8, 4) is 0 Å². The average molecular weight is 355 g/mol. The zero-order chi connectivity index (χ0) is 17.2. The molecule has 128 valence electrons. The fourth-order valence-electron chi connectivity index (χ4n) is 4.38. The van der Waals surface area contributed by atoms with Crippen LogP contribution in [0.1, 0.15) is 26.7 Å². The molecule has 2 aromatic carbocycles. The lowest BCUT2D eigenvalue weighted by Crippen LogP contribution is -2.67. The Balaban J connectivity index is 2.18. The maximum atomic E-state index is 6.63. The molecule has 0 amide bonds. The molecule has 0 saturated carbocycles. The summed E-state index contributed by atoms with van der Waals surface area (Å²) in [4.78, 5) is 0. The fraction of sp³-hybridized carbons (Fsp3) is 0.429. The Morgan fingerprint density at radius 3 is 2.04 bits per heavy atom. The normalized spacial score (nSPS) is 27.4. The van der Waals surface area contributed by atoms with Gasteiger partial charge in [0.25, 0.3) is 0 Å². The molecule has 0 aliphatic carbocycles. The van der Waals surface area contributed by atoms with Crippen molar-refractivity contribution in [3.63, 3.8) is 0 Å². The highest BCUT2D eigenvalue weighted by atomic mass is 28.4. The molecule has 0 fully saturated rings. The van der Waals surface area contributed by atoms with Crippen LogP contribution in [0.25, 0.3) is 0 Å². The second kappa shape index (κ2) is 6.99. The molecule has 1 nitrogen and oxygen atoms in total. The molecule has 3 rings (SSSR count). The van der Waals surface area contributed by atoms with E-state index in [9.17, 15) is 0 Å². The standard InChI is InChI=1S/C21H30OSi2/c1-18(2)22-24(4)17-11-10-16-23(3,19-12-6-5-7-13-19)20-14-8-9-15-21(20)24/h5-9,12-15,18H,10-11,16-17H2,1-4H3/t23-,24-/m1/s1. The van der Waals surface area contributed by atoms with Gasteiger partial charge in [0.15, 0.2) is 0 Å². The first-order valence-corrected chi connectivity index (χ1v) is 14.6. The summed E-state index contributed by atoms with van der Waals surface area (Å²) >= 11 is 0. The Hall–Kier alpha value is -1.17. The minimum Gasteiger partial charge on any atom is -0.410 e. The van der Waals surface area contributed by atoms with Gasteiger partial charge >= 0.3 is 0 Å². The van der Waals surface area contributed by atoms with Crippen LogP contribution in [0, 0.1) is 0 Å². The van der Waals surface area contributed by atoms with Crippen LogP contribution >= 0.6 is 0 Å². The topological polar surface area (TPSA) is 9.23 Å². The second-order valence-electron chi connectivity index (χ2n) is 7.85. The van der Waals surface area contributed by atoms with Gasteiger partial charge in [0, 0.05) is 6.10 Å². The largest absolute Gasteiger partial charge is 0.410 e. The smallest absolute Gasteiger partial charge is 0.221 e. The maximum absolute atomic E-state index is 6.63. The van der Waals surface area contributed by atoms with Gasteiger partial charge in [-0.25, -0.2) is 0 Å². The van der Waals surface area contributed by atoms with Crippen molar-refractivity contribution in [2.24, 2.45) is 0 Å². The predicted molar refractivity (Wildman–Crippen MR) is 110 cm³/mol. The molecule has 0 aromatic heterocycles. The Morgan fingerprint density at radius 2 is 1.38 bits per heavy atom. The molecule has 0 unspecified atom stereocenters. The summed E-state index contributed by atoms with van der Waals surface area (Å²) in [5, 5.41) is 4.77. The third-order valence-corrected chi connectivity index (χ3v) is 14.3. The first kappa shape index (κ1) is 17.7. The molecule has 2 atom stereocenters. The Morgan fingerprint density at radius 1 is 0.792 bits per heavy atom. The van der Waals surface area contributed by atoms with Crippen molar-refractivity contribution in [3.05, 3.63) is 54.6 Å². The van der Waals surface area contributed by atoms with Crippen LogP contribution in [0.4, 0.5) is 0 Å². The number of hydrogen-bond donors (Lipinski definition) is 0. The summed E-state index contributed by atoms with van der Waals surface area (Å²) in [7, 11) is -3.59. The predicted octanol–water partition coefficient (Wildman–Crippen LogP) is 3.88. The number of fused-ring (bicyclic) bond motifs is 1. The Bertz CT molecular complexity index is 685. The zero-order valence-corrected chi connectivity index (χ0v) is 17.5. The number of hydrogen-bond acceptors (Lipinski definition) is 1. The van der Waals surface area contributed by atoms with E-state index in [2.05, 4.69) is 81.5 Å². The van der Waals surface area contributed by atoms with E-state index in [4.69, 9.17) is 4.43 Å². The molecule has 0 spiro atoms. The molecular weight excluding hydrogens is 324 g/mol. The monoisotopic (exact) mass is 354 g/mol. The number of rotatable bonds is 3. The van der Waals surface area contributed by atoms with Crippen LogP contribution in [0.3, 0.4) is 0 Å². The van der Waals surface area contributed by atoms with Crippen LogP contribution in [0.5, 0.6) is 0 Å². The molecule has 24 heavy (non-hydrogen) atoms. The second-order valence-corrected chi connectivity index (χ2v) is 15.9. The van der Waals surface area contributed by atoms with E-state index >= 15 is 0 Å². The molecule has 0 radical (unpaired) electrons. The molecule has 1 aliphatic heterocycles. The first-order chi connectivity index (χ1) is 11.5. The van der Waals surface area contributed by atoms with Gasteiger partial charge < -0.3 is 4.43 Å². The summed E-state index contributed by atoms with van der Waals surface area (Å²) in [6.07, 6.45) is 2.94. The Kier molecular flexibility index (Phi) is 5.14. The SMILES string of the molecule is CC(C)O[Si@]1(C)CCCC[Si@](C)(c2ccccc2)c2ccccc21. The van der Waals surface area contributed by atoms with Crippen molar-refractivity contribution in [2.75, 3.05) is 0 Å². The van der Waals surface area contributed by atoms with Gasteiger partial charge in [-0.05, 0) is 37.7 Å². The zero-order valence-electron chi connectivity index (χ0n) is 15.5. The molecule has 0 N–H and O–H groups in total. The molecule has 1 aliphatic rings. The third-order valence-electron chi connectivity index (χ3n) is 5.58. The Labute approximate surface area is 149 Å². The highest BCUT2D eigenvalue weighted by Crippen LogP contribution is 2.25. The van der Waals surface area contributed by atoms with Crippen molar-refractivity contribution >= 4 is 32.0 Å². The van der Waals surface area contributed by atoms with Crippen molar-refractivity contribution in [1.29, 1.82) is 0 Å².